The van der Waals surface area contributed by atoms with E-state index < -0.39 is 6.10 Å². The van der Waals surface area contributed by atoms with Gasteiger partial charge in [0.1, 0.15) is 0 Å². The van der Waals surface area contributed by atoms with Crippen molar-refractivity contribution >= 4 is 11.9 Å². The standard InChI is InChI=1S/C14H18N4O4/c1-9-4-5-18(7-10(9)19)8-12(20)15-14-17-16-13(22-14)11-3-2-6-21-11/h2-3,6,9-10,19H,4-5,7-8H2,1H3,(H,15,17,20). The maximum Gasteiger partial charge on any atom is 0.322 e. The number of likely N-dealkylation sites (tertiary alicyclic amines) is 1. The lowest BCUT2D eigenvalue weighted by Crippen LogP contribution is -2.45. The Labute approximate surface area is 127 Å². The van der Waals surface area contributed by atoms with Gasteiger partial charge in [0, 0.05) is 6.54 Å². The van der Waals surface area contributed by atoms with Crippen molar-refractivity contribution in [3.63, 3.8) is 0 Å². The van der Waals surface area contributed by atoms with Crippen LogP contribution in [0.5, 0.6) is 0 Å². The van der Waals surface area contributed by atoms with E-state index in [0.717, 1.165) is 13.0 Å². The van der Waals surface area contributed by atoms with Gasteiger partial charge in [-0.3, -0.25) is 15.0 Å². The molecular formula is C14H18N4O4. The molecule has 1 fully saturated rings. The van der Waals surface area contributed by atoms with Crippen LogP contribution in [0.1, 0.15) is 13.3 Å². The third-order valence-corrected chi connectivity index (χ3v) is 3.77. The molecule has 22 heavy (non-hydrogen) atoms. The Bertz CT molecular complexity index is 625. The number of aliphatic hydroxyl groups is 1. The van der Waals surface area contributed by atoms with Gasteiger partial charge in [0.25, 0.3) is 5.89 Å². The number of carbonyl (C=O) groups excluding carboxylic acids is 1. The average Bonchev–Trinajstić information content (AvgIpc) is 3.13. The first-order valence-corrected chi connectivity index (χ1v) is 7.19. The van der Waals surface area contributed by atoms with Crippen LogP contribution in [0.2, 0.25) is 0 Å². The van der Waals surface area contributed by atoms with Crippen LogP contribution in [0.15, 0.2) is 27.2 Å². The highest BCUT2D eigenvalue weighted by Crippen LogP contribution is 2.20. The molecule has 2 aromatic rings. The first kappa shape index (κ1) is 14.7. The molecule has 0 spiro atoms. The van der Waals surface area contributed by atoms with Crippen molar-refractivity contribution in [1.29, 1.82) is 0 Å². The van der Waals surface area contributed by atoms with E-state index in [1.807, 2.05) is 11.8 Å². The minimum Gasteiger partial charge on any atom is -0.459 e. The van der Waals surface area contributed by atoms with E-state index in [1.54, 1.807) is 12.1 Å². The molecule has 1 amide bonds. The highest BCUT2D eigenvalue weighted by Gasteiger charge is 2.25. The van der Waals surface area contributed by atoms with Gasteiger partial charge in [0.05, 0.1) is 18.9 Å². The SMILES string of the molecule is CC1CCN(CC(=O)Nc2nnc(-c3ccco3)o2)CC1O. The number of hydrogen-bond donors (Lipinski definition) is 2. The second-order valence-electron chi connectivity index (χ2n) is 5.51. The third-order valence-electron chi connectivity index (χ3n) is 3.77. The second-order valence-corrected chi connectivity index (χ2v) is 5.51. The van der Waals surface area contributed by atoms with Gasteiger partial charge in [0.15, 0.2) is 5.76 Å². The van der Waals surface area contributed by atoms with Gasteiger partial charge in [-0.1, -0.05) is 12.0 Å². The van der Waals surface area contributed by atoms with E-state index in [9.17, 15) is 9.90 Å². The first-order chi connectivity index (χ1) is 10.6. The summed E-state index contributed by atoms with van der Waals surface area (Å²) in [5, 5.41) is 19.9. The lowest BCUT2D eigenvalue weighted by atomic mass is 9.96. The van der Waals surface area contributed by atoms with E-state index in [0.29, 0.717) is 12.3 Å². The topological polar surface area (TPSA) is 105 Å². The van der Waals surface area contributed by atoms with Crippen LogP contribution in [0, 0.1) is 5.92 Å². The number of piperidine rings is 1. The fourth-order valence-corrected chi connectivity index (χ4v) is 2.39. The molecule has 3 heterocycles. The molecule has 2 aromatic heterocycles. The summed E-state index contributed by atoms with van der Waals surface area (Å²) in [4.78, 5) is 13.9. The van der Waals surface area contributed by atoms with Gasteiger partial charge in [-0.15, -0.1) is 5.10 Å². The number of aromatic nitrogens is 2. The molecule has 0 aliphatic carbocycles. The fourth-order valence-electron chi connectivity index (χ4n) is 2.39. The Morgan fingerprint density at radius 2 is 2.41 bits per heavy atom. The number of aliphatic hydroxyl groups excluding tert-OH is 1. The Morgan fingerprint density at radius 3 is 3.14 bits per heavy atom. The van der Waals surface area contributed by atoms with Crippen LogP contribution >= 0.6 is 0 Å². The molecule has 0 saturated carbocycles. The summed E-state index contributed by atoms with van der Waals surface area (Å²) < 4.78 is 10.4. The van der Waals surface area contributed by atoms with Crippen molar-refractivity contribution in [2.24, 2.45) is 5.92 Å². The highest BCUT2D eigenvalue weighted by atomic mass is 16.4. The van der Waals surface area contributed by atoms with Crippen molar-refractivity contribution in [2.45, 2.75) is 19.4 Å². The lowest BCUT2D eigenvalue weighted by Gasteiger charge is -2.33. The number of rotatable bonds is 4. The first-order valence-electron chi connectivity index (χ1n) is 7.19. The molecule has 1 aliphatic rings. The van der Waals surface area contributed by atoms with Crippen LogP contribution in [0.25, 0.3) is 11.7 Å². The largest absolute Gasteiger partial charge is 0.459 e. The zero-order valence-corrected chi connectivity index (χ0v) is 12.2. The minimum atomic E-state index is -0.393. The Kier molecular flexibility index (Phi) is 4.21. The zero-order valence-electron chi connectivity index (χ0n) is 12.2. The van der Waals surface area contributed by atoms with Crippen molar-refractivity contribution in [1.82, 2.24) is 15.1 Å². The van der Waals surface area contributed by atoms with Crippen molar-refractivity contribution in [3.05, 3.63) is 18.4 Å². The van der Waals surface area contributed by atoms with E-state index in [-0.39, 0.29) is 30.3 Å². The minimum absolute atomic E-state index is 0.0299. The Hall–Kier alpha value is -2.19. The second kappa shape index (κ2) is 6.29. The third kappa shape index (κ3) is 3.34. The van der Waals surface area contributed by atoms with Crippen LogP contribution in [-0.2, 0) is 4.79 Å². The van der Waals surface area contributed by atoms with Gasteiger partial charge in [-0.2, -0.15) is 0 Å². The van der Waals surface area contributed by atoms with Crippen molar-refractivity contribution in [2.75, 3.05) is 25.0 Å². The molecule has 2 atom stereocenters. The summed E-state index contributed by atoms with van der Waals surface area (Å²) >= 11 is 0. The summed E-state index contributed by atoms with van der Waals surface area (Å²) in [6.45, 7) is 3.47. The van der Waals surface area contributed by atoms with Crippen LogP contribution in [-0.4, -0.2) is 51.8 Å². The number of furan rings is 1. The van der Waals surface area contributed by atoms with Gasteiger partial charge < -0.3 is 13.9 Å². The average molecular weight is 306 g/mol. The predicted octanol–water partition coefficient (Wildman–Crippen LogP) is 0.971. The number of nitrogens with zero attached hydrogens (tertiary/aromatic N) is 3. The molecule has 1 aliphatic heterocycles. The molecule has 0 radical (unpaired) electrons. The molecule has 8 nitrogen and oxygen atoms in total. The summed E-state index contributed by atoms with van der Waals surface area (Å²) in [5.74, 6) is 0.672. The molecule has 0 aromatic carbocycles. The number of hydrogen-bond acceptors (Lipinski definition) is 7. The number of β-amino-alcohol motifs (C(OH)–C–C–N with tert-alkyl or cyclic N) is 1. The van der Waals surface area contributed by atoms with E-state index in [2.05, 4.69) is 15.5 Å². The molecule has 0 bridgehead atoms. The number of carbonyl (C=O) groups is 1. The lowest BCUT2D eigenvalue weighted by molar-refractivity contribution is -0.118. The Balaban J connectivity index is 1.54. The van der Waals surface area contributed by atoms with Gasteiger partial charge in [-0.05, 0) is 31.0 Å². The smallest absolute Gasteiger partial charge is 0.322 e. The van der Waals surface area contributed by atoms with Gasteiger partial charge in [-0.25, -0.2) is 0 Å². The van der Waals surface area contributed by atoms with Gasteiger partial charge >= 0.3 is 6.01 Å². The number of anilines is 1. The summed E-state index contributed by atoms with van der Waals surface area (Å²) in [7, 11) is 0. The van der Waals surface area contributed by atoms with Crippen molar-refractivity contribution < 1.29 is 18.7 Å². The van der Waals surface area contributed by atoms with E-state index in [1.165, 1.54) is 6.26 Å². The molecular weight excluding hydrogens is 288 g/mol. The van der Waals surface area contributed by atoms with Crippen LogP contribution in [0.3, 0.4) is 0 Å². The van der Waals surface area contributed by atoms with Crippen LogP contribution in [0.4, 0.5) is 6.01 Å². The summed E-state index contributed by atoms with van der Waals surface area (Å²) in [6.07, 6.45) is 1.98. The van der Waals surface area contributed by atoms with E-state index in [4.69, 9.17) is 8.83 Å². The fraction of sp³-hybridized carbons (Fsp3) is 0.500. The normalized spacial score (nSPS) is 22.6. The molecule has 2 unspecified atom stereocenters. The zero-order chi connectivity index (χ0) is 15.5. The maximum absolute atomic E-state index is 12.0. The van der Waals surface area contributed by atoms with Gasteiger partial charge in [0.2, 0.25) is 5.91 Å². The monoisotopic (exact) mass is 306 g/mol. The summed E-state index contributed by atoms with van der Waals surface area (Å²) in [6, 6.07) is 3.43. The molecule has 8 heteroatoms. The molecule has 3 rings (SSSR count). The molecule has 1 saturated heterocycles. The molecule has 118 valence electrons. The predicted molar refractivity (Wildman–Crippen MR) is 76.9 cm³/mol. The number of amides is 1. The quantitative estimate of drug-likeness (QED) is 0.867. The Morgan fingerprint density at radius 1 is 1.55 bits per heavy atom. The number of nitrogens with one attached hydrogen (secondary N) is 1. The summed E-state index contributed by atoms with van der Waals surface area (Å²) in [5.41, 5.74) is 0. The van der Waals surface area contributed by atoms with Crippen LogP contribution < -0.4 is 5.32 Å². The maximum atomic E-state index is 12.0. The highest BCUT2D eigenvalue weighted by molar-refractivity contribution is 5.90. The molecule has 2 N–H and O–H groups in total. The van der Waals surface area contributed by atoms with E-state index >= 15 is 0 Å². The van der Waals surface area contributed by atoms with Crippen molar-refractivity contribution in [3.8, 4) is 11.7 Å².